The van der Waals surface area contributed by atoms with Crippen LogP contribution >= 0.6 is 0 Å². The van der Waals surface area contributed by atoms with Crippen LogP contribution < -0.4 is 5.32 Å². The van der Waals surface area contributed by atoms with Gasteiger partial charge in [-0.05, 0) is 30.2 Å². The molecule has 27 heavy (non-hydrogen) atoms. The molecular formula is C22H35N5. The zero-order chi connectivity index (χ0) is 18.5. The van der Waals surface area contributed by atoms with Crippen LogP contribution in [0.1, 0.15) is 31.2 Å². The molecule has 1 N–H and O–H groups in total. The quantitative estimate of drug-likeness (QED) is 0.638. The van der Waals surface area contributed by atoms with E-state index in [9.17, 15) is 0 Å². The van der Waals surface area contributed by atoms with E-state index in [1.165, 1.54) is 57.4 Å². The van der Waals surface area contributed by atoms with E-state index >= 15 is 0 Å². The lowest BCUT2D eigenvalue weighted by atomic mass is 9.68. The molecule has 148 valence electrons. The predicted molar refractivity (Wildman–Crippen MR) is 112 cm³/mol. The van der Waals surface area contributed by atoms with E-state index in [0.29, 0.717) is 5.41 Å². The summed E-state index contributed by atoms with van der Waals surface area (Å²) in [6, 6.07) is 10.8. The number of aliphatic imine (C=N–C) groups is 1. The molecule has 2 saturated heterocycles. The van der Waals surface area contributed by atoms with Crippen molar-refractivity contribution in [1.29, 1.82) is 0 Å². The van der Waals surface area contributed by atoms with Crippen molar-refractivity contribution >= 4 is 5.96 Å². The Morgan fingerprint density at radius 3 is 2.37 bits per heavy atom. The number of benzene rings is 1. The highest BCUT2D eigenvalue weighted by Gasteiger charge is 2.43. The van der Waals surface area contributed by atoms with Crippen molar-refractivity contribution in [3.8, 4) is 0 Å². The van der Waals surface area contributed by atoms with E-state index in [1.54, 1.807) is 0 Å². The number of nitrogens with zero attached hydrogens (tertiary/aromatic N) is 4. The topological polar surface area (TPSA) is 34.1 Å². The lowest BCUT2D eigenvalue weighted by Gasteiger charge is -2.38. The van der Waals surface area contributed by atoms with Crippen molar-refractivity contribution in [3.63, 3.8) is 0 Å². The normalized spacial score (nSPS) is 23.6. The summed E-state index contributed by atoms with van der Waals surface area (Å²) in [5.41, 5.74) is 2.05. The lowest BCUT2D eigenvalue weighted by Crippen LogP contribution is -2.49. The van der Waals surface area contributed by atoms with Crippen molar-refractivity contribution in [2.24, 2.45) is 10.4 Å². The second-order valence-corrected chi connectivity index (χ2v) is 8.60. The van der Waals surface area contributed by atoms with Crippen LogP contribution in [0.4, 0.5) is 0 Å². The Labute approximate surface area is 164 Å². The van der Waals surface area contributed by atoms with Crippen LogP contribution in [0.2, 0.25) is 0 Å². The number of nitrogens with one attached hydrogen (secondary N) is 1. The molecule has 0 unspecified atom stereocenters. The molecule has 0 aromatic heterocycles. The third-order valence-corrected chi connectivity index (χ3v) is 6.79. The molecule has 1 aromatic rings. The van der Waals surface area contributed by atoms with Crippen LogP contribution in [0.3, 0.4) is 0 Å². The Hall–Kier alpha value is -1.59. The van der Waals surface area contributed by atoms with Crippen LogP contribution in [0.5, 0.6) is 0 Å². The number of guanidine groups is 1. The van der Waals surface area contributed by atoms with Gasteiger partial charge in [-0.2, -0.15) is 0 Å². The fraction of sp³-hybridized carbons (Fsp3) is 0.682. The molecule has 0 radical (unpaired) electrons. The van der Waals surface area contributed by atoms with E-state index < -0.39 is 0 Å². The predicted octanol–water partition coefficient (Wildman–Crippen LogP) is 2.26. The average molecular weight is 370 g/mol. The maximum absolute atomic E-state index is 4.54. The van der Waals surface area contributed by atoms with Gasteiger partial charge in [0.2, 0.25) is 0 Å². The number of hydrogen-bond acceptors (Lipinski definition) is 3. The Kier molecular flexibility index (Phi) is 5.98. The Bertz CT molecular complexity index is 617. The molecule has 0 atom stereocenters. The van der Waals surface area contributed by atoms with Crippen LogP contribution in [0.15, 0.2) is 35.3 Å². The lowest BCUT2D eigenvalue weighted by molar-refractivity contribution is 0.128. The van der Waals surface area contributed by atoms with E-state index in [4.69, 9.17) is 0 Å². The fourth-order valence-corrected chi connectivity index (χ4v) is 4.87. The number of piperazine rings is 1. The van der Waals surface area contributed by atoms with E-state index in [0.717, 1.165) is 38.7 Å². The van der Waals surface area contributed by atoms with Crippen molar-refractivity contribution in [3.05, 3.63) is 35.9 Å². The van der Waals surface area contributed by atoms with Crippen molar-refractivity contribution in [2.75, 3.05) is 59.4 Å². The molecule has 2 heterocycles. The molecule has 1 aliphatic carbocycles. The minimum atomic E-state index is 0.632. The van der Waals surface area contributed by atoms with Gasteiger partial charge in [-0.3, -0.25) is 14.8 Å². The van der Waals surface area contributed by atoms with Gasteiger partial charge in [0, 0.05) is 66.0 Å². The molecule has 3 fully saturated rings. The van der Waals surface area contributed by atoms with Gasteiger partial charge in [0.1, 0.15) is 0 Å². The molecule has 4 rings (SSSR count). The van der Waals surface area contributed by atoms with Gasteiger partial charge in [0.05, 0.1) is 0 Å². The van der Waals surface area contributed by atoms with Gasteiger partial charge in [-0.1, -0.05) is 36.8 Å². The summed E-state index contributed by atoms with van der Waals surface area (Å²) >= 11 is 0. The van der Waals surface area contributed by atoms with Crippen LogP contribution in [-0.2, 0) is 6.54 Å². The van der Waals surface area contributed by atoms with Gasteiger partial charge in [0.15, 0.2) is 5.96 Å². The van der Waals surface area contributed by atoms with Gasteiger partial charge >= 0.3 is 0 Å². The van der Waals surface area contributed by atoms with Crippen molar-refractivity contribution in [1.82, 2.24) is 20.0 Å². The molecule has 1 aromatic carbocycles. The summed E-state index contributed by atoms with van der Waals surface area (Å²) in [6.45, 7) is 10.2. The van der Waals surface area contributed by atoms with Gasteiger partial charge in [0.25, 0.3) is 0 Å². The minimum absolute atomic E-state index is 0.632. The molecule has 5 heteroatoms. The highest BCUT2D eigenvalue weighted by atomic mass is 15.3. The van der Waals surface area contributed by atoms with Crippen molar-refractivity contribution in [2.45, 2.75) is 32.2 Å². The Morgan fingerprint density at radius 1 is 1.00 bits per heavy atom. The fourth-order valence-electron chi connectivity index (χ4n) is 4.87. The largest absolute Gasteiger partial charge is 0.355 e. The minimum Gasteiger partial charge on any atom is -0.355 e. The first-order valence-electron chi connectivity index (χ1n) is 10.7. The molecule has 0 amide bonds. The third kappa shape index (κ3) is 4.64. The van der Waals surface area contributed by atoms with Gasteiger partial charge in [-0.15, -0.1) is 0 Å². The van der Waals surface area contributed by atoms with Crippen LogP contribution in [0, 0.1) is 5.41 Å². The summed E-state index contributed by atoms with van der Waals surface area (Å²) in [5, 5.41) is 3.62. The average Bonchev–Trinajstić information content (AvgIpc) is 3.14. The summed E-state index contributed by atoms with van der Waals surface area (Å²) in [7, 11) is 1.93. The highest BCUT2D eigenvalue weighted by molar-refractivity contribution is 5.80. The summed E-state index contributed by atoms with van der Waals surface area (Å²) in [4.78, 5) is 12.2. The number of likely N-dealkylation sites (tertiary alicyclic amines) is 1. The first-order valence-corrected chi connectivity index (χ1v) is 10.7. The SMILES string of the molecule is CN=C(NCCN1CCN(Cc2ccccc2)CC1)N1CCC2(CCC2)C1. The molecule has 0 bridgehead atoms. The monoisotopic (exact) mass is 369 g/mol. The Balaban J connectivity index is 1.15. The highest BCUT2D eigenvalue weighted by Crippen LogP contribution is 2.47. The van der Waals surface area contributed by atoms with Crippen LogP contribution in [0.25, 0.3) is 0 Å². The van der Waals surface area contributed by atoms with Gasteiger partial charge in [-0.25, -0.2) is 0 Å². The van der Waals surface area contributed by atoms with E-state index in [1.807, 2.05) is 7.05 Å². The van der Waals surface area contributed by atoms with Gasteiger partial charge < -0.3 is 10.2 Å². The first-order chi connectivity index (χ1) is 13.3. The molecular weight excluding hydrogens is 334 g/mol. The van der Waals surface area contributed by atoms with Crippen molar-refractivity contribution < 1.29 is 0 Å². The van der Waals surface area contributed by atoms with E-state index in [-0.39, 0.29) is 0 Å². The second kappa shape index (κ2) is 8.61. The summed E-state index contributed by atoms with van der Waals surface area (Å²) in [6.07, 6.45) is 5.63. The molecule has 5 nitrogen and oxygen atoms in total. The first kappa shape index (κ1) is 18.8. The maximum atomic E-state index is 4.54. The third-order valence-electron chi connectivity index (χ3n) is 6.79. The standard InChI is InChI=1S/C22H35N5/c1-23-21(27-12-10-22(19-27)8-5-9-22)24-11-13-25-14-16-26(17-15-25)18-20-6-3-2-4-7-20/h2-4,6-7H,5,8-19H2,1H3,(H,23,24). The van der Waals surface area contributed by atoms with E-state index in [2.05, 4.69) is 55.3 Å². The zero-order valence-electron chi connectivity index (χ0n) is 16.9. The summed E-state index contributed by atoms with van der Waals surface area (Å²) < 4.78 is 0. The molecule has 1 spiro atoms. The molecule has 2 aliphatic heterocycles. The maximum Gasteiger partial charge on any atom is 0.193 e. The molecule has 1 saturated carbocycles. The summed E-state index contributed by atoms with van der Waals surface area (Å²) in [5.74, 6) is 1.11. The molecule has 3 aliphatic rings. The smallest absolute Gasteiger partial charge is 0.193 e. The second-order valence-electron chi connectivity index (χ2n) is 8.60. The number of hydrogen-bond donors (Lipinski definition) is 1. The Morgan fingerprint density at radius 2 is 1.74 bits per heavy atom. The number of rotatable bonds is 5. The van der Waals surface area contributed by atoms with Crippen LogP contribution in [-0.4, -0.2) is 80.1 Å². The zero-order valence-corrected chi connectivity index (χ0v) is 16.9.